The van der Waals surface area contributed by atoms with Crippen LogP contribution in [0.3, 0.4) is 0 Å². The van der Waals surface area contributed by atoms with E-state index in [4.69, 9.17) is 35.4 Å². The van der Waals surface area contributed by atoms with Crippen LogP contribution in [0.2, 0.25) is 10.0 Å². The first-order valence-electron chi connectivity index (χ1n) is 4.36. The van der Waals surface area contributed by atoms with Gasteiger partial charge in [0.2, 0.25) is 4.77 Å². The van der Waals surface area contributed by atoms with E-state index in [-0.39, 0.29) is 10.5 Å². The average molecular weight is 276 g/mol. The van der Waals surface area contributed by atoms with Gasteiger partial charge in [-0.1, -0.05) is 23.2 Å². The molecule has 84 valence electrons. The second-order valence-electron chi connectivity index (χ2n) is 3.25. The SMILES string of the molecule is Cc1cc(Cl)c(-n2c(=O)[nH][nH]c2=S)cc1Cl. The first-order chi connectivity index (χ1) is 7.50. The minimum absolute atomic E-state index is 0.242. The van der Waals surface area contributed by atoms with Gasteiger partial charge in [-0.3, -0.25) is 5.10 Å². The Labute approximate surface area is 106 Å². The summed E-state index contributed by atoms with van der Waals surface area (Å²) in [7, 11) is 0. The molecule has 7 heteroatoms. The maximum atomic E-state index is 11.5. The summed E-state index contributed by atoms with van der Waals surface area (Å²) in [6.07, 6.45) is 0. The van der Waals surface area contributed by atoms with Crippen molar-refractivity contribution < 1.29 is 0 Å². The fourth-order valence-corrected chi connectivity index (χ4v) is 2.03. The predicted molar refractivity (Wildman–Crippen MR) is 66.3 cm³/mol. The number of aromatic amines is 2. The number of nitrogens with one attached hydrogen (secondary N) is 2. The molecule has 2 aromatic rings. The molecule has 0 aliphatic carbocycles. The summed E-state index contributed by atoms with van der Waals surface area (Å²) >= 11 is 17.0. The minimum Gasteiger partial charge on any atom is -0.272 e. The van der Waals surface area contributed by atoms with Gasteiger partial charge >= 0.3 is 5.69 Å². The lowest BCUT2D eigenvalue weighted by atomic mass is 10.2. The van der Waals surface area contributed by atoms with Crippen molar-refractivity contribution in [3.8, 4) is 5.69 Å². The Morgan fingerprint density at radius 2 is 1.94 bits per heavy atom. The van der Waals surface area contributed by atoms with Crippen molar-refractivity contribution in [2.75, 3.05) is 0 Å². The number of rotatable bonds is 1. The van der Waals surface area contributed by atoms with Crippen molar-refractivity contribution in [1.29, 1.82) is 0 Å². The van der Waals surface area contributed by atoms with E-state index in [1.807, 2.05) is 6.92 Å². The molecular weight excluding hydrogens is 269 g/mol. The summed E-state index contributed by atoms with van der Waals surface area (Å²) in [5.74, 6) is 0. The second kappa shape index (κ2) is 4.08. The molecule has 16 heavy (non-hydrogen) atoms. The number of hydrogen-bond donors (Lipinski definition) is 2. The van der Waals surface area contributed by atoms with E-state index >= 15 is 0 Å². The highest BCUT2D eigenvalue weighted by Crippen LogP contribution is 2.26. The van der Waals surface area contributed by atoms with Crippen LogP contribution in [0.1, 0.15) is 5.56 Å². The lowest BCUT2D eigenvalue weighted by molar-refractivity contribution is 0.974. The van der Waals surface area contributed by atoms with Crippen LogP contribution in [0.4, 0.5) is 0 Å². The molecule has 2 rings (SSSR count). The molecule has 0 fully saturated rings. The summed E-state index contributed by atoms with van der Waals surface area (Å²) in [6, 6.07) is 3.30. The zero-order valence-electron chi connectivity index (χ0n) is 8.17. The number of hydrogen-bond acceptors (Lipinski definition) is 2. The van der Waals surface area contributed by atoms with Gasteiger partial charge in [0, 0.05) is 5.02 Å². The van der Waals surface area contributed by atoms with Gasteiger partial charge in [0.15, 0.2) is 0 Å². The van der Waals surface area contributed by atoms with Crippen LogP contribution in [0.15, 0.2) is 16.9 Å². The van der Waals surface area contributed by atoms with Crippen molar-refractivity contribution in [2.45, 2.75) is 6.92 Å². The van der Waals surface area contributed by atoms with Crippen LogP contribution in [0, 0.1) is 11.7 Å². The van der Waals surface area contributed by atoms with Gasteiger partial charge in [-0.2, -0.15) is 0 Å². The predicted octanol–water partition coefficient (Wildman–Crippen LogP) is 2.84. The zero-order valence-corrected chi connectivity index (χ0v) is 10.5. The molecule has 0 atom stereocenters. The Balaban J connectivity index is 2.80. The third kappa shape index (κ3) is 1.81. The zero-order chi connectivity index (χ0) is 11.9. The quantitative estimate of drug-likeness (QED) is 0.787. The Bertz CT molecular complexity index is 628. The second-order valence-corrected chi connectivity index (χ2v) is 4.45. The lowest BCUT2D eigenvalue weighted by Gasteiger charge is -2.06. The number of halogens is 2. The van der Waals surface area contributed by atoms with Crippen molar-refractivity contribution in [3.05, 3.63) is 43.0 Å². The fourth-order valence-electron chi connectivity index (χ4n) is 1.34. The molecule has 1 heterocycles. The van der Waals surface area contributed by atoms with Crippen LogP contribution >= 0.6 is 35.4 Å². The Hall–Kier alpha value is -1.04. The first-order valence-corrected chi connectivity index (χ1v) is 5.53. The summed E-state index contributed by atoms with van der Waals surface area (Å²) in [5, 5.41) is 5.86. The van der Waals surface area contributed by atoms with E-state index in [1.54, 1.807) is 12.1 Å². The third-order valence-electron chi connectivity index (χ3n) is 2.15. The molecule has 0 bridgehead atoms. The van der Waals surface area contributed by atoms with Crippen molar-refractivity contribution in [2.24, 2.45) is 0 Å². The average Bonchev–Trinajstić information content (AvgIpc) is 2.53. The van der Waals surface area contributed by atoms with Gasteiger partial charge in [-0.15, -0.1) is 0 Å². The molecule has 0 saturated heterocycles. The molecule has 0 unspecified atom stereocenters. The van der Waals surface area contributed by atoms with E-state index in [0.717, 1.165) is 5.56 Å². The highest BCUT2D eigenvalue weighted by Gasteiger charge is 2.10. The first kappa shape index (κ1) is 11.4. The largest absolute Gasteiger partial charge is 0.347 e. The molecule has 0 saturated carbocycles. The molecule has 0 spiro atoms. The van der Waals surface area contributed by atoms with Gasteiger partial charge in [-0.05, 0) is 36.8 Å². The minimum atomic E-state index is -0.383. The van der Waals surface area contributed by atoms with Crippen molar-refractivity contribution in [1.82, 2.24) is 14.8 Å². The van der Waals surface area contributed by atoms with Gasteiger partial charge in [0.25, 0.3) is 0 Å². The molecular formula is C9H7Cl2N3OS. The molecule has 2 N–H and O–H groups in total. The van der Waals surface area contributed by atoms with Crippen molar-refractivity contribution in [3.63, 3.8) is 0 Å². The summed E-state index contributed by atoms with van der Waals surface area (Å²) < 4.78 is 1.50. The normalized spacial score (nSPS) is 10.7. The Kier molecular flexibility index (Phi) is 2.92. The molecule has 0 amide bonds. The van der Waals surface area contributed by atoms with E-state index < -0.39 is 0 Å². The molecule has 1 aromatic heterocycles. The smallest absolute Gasteiger partial charge is 0.272 e. The lowest BCUT2D eigenvalue weighted by Crippen LogP contribution is -2.15. The van der Waals surface area contributed by atoms with Crippen LogP contribution in [-0.2, 0) is 0 Å². The molecule has 0 aliphatic heterocycles. The van der Waals surface area contributed by atoms with E-state index in [0.29, 0.717) is 15.7 Å². The van der Waals surface area contributed by atoms with Crippen LogP contribution in [-0.4, -0.2) is 14.8 Å². The van der Waals surface area contributed by atoms with Gasteiger partial charge in [0.1, 0.15) is 0 Å². The van der Waals surface area contributed by atoms with Crippen LogP contribution < -0.4 is 5.69 Å². The highest BCUT2D eigenvalue weighted by molar-refractivity contribution is 7.71. The maximum Gasteiger partial charge on any atom is 0.347 e. The van der Waals surface area contributed by atoms with Crippen LogP contribution in [0.25, 0.3) is 5.69 Å². The highest BCUT2D eigenvalue weighted by atomic mass is 35.5. The number of H-pyrrole nitrogens is 2. The Morgan fingerprint density at radius 1 is 1.25 bits per heavy atom. The number of aryl methyl sites for hydroxylation is 1. The standard InChI is InChI=1S/C9H7Cl2N3OS/c1-4-2-6(11)7(3-5(4)10)14-8(15)12-13-9(14)16/h2-3H,1H3,(H,12,15)(H,13,16). The van der Waals surface area contributed by atoms with Crippen LogP contribution in [0.5, 0.6) is 0 Å². The van der Waals surface area contributed by atoms with Gasteiger partial charge in [0.05, 0.1) is 10.7 Å². The topological polar surface area (TPSA) is 53.6 Å². The van der Waals surface area contributed by atoms with E-state index in [9.17, 15) is 4.79 Å². The molecule has 0 radical (unpaired) electrons. The number of nitrogens with zero attached hydrogens (tertiary/aromatic N) is 1. The summed E-state index contributed by atoms with van der Waals surface area (Å²) in [6.45, 7) is 1.83. The molecule has 0 aliphatic rings. The van der Waals surface area contributed by atoms with Gasteiger partial charge < -0.3 is 0 Å². The third-order valence-corrected chi connectivity index (χ3v) is 3.15. The summed E-state index contributed by atoms with van der Waals surface area (Å²) in [5.41, 5.74) is 0.922. The van der Waals surface area contributed by atoms with Gasteiger partial charge in [-0.25, -0.2) is 14.5 Å². The van der Waals surface area contributed by atoms with E-state index in [2.05, 4.69) is 10.2 Å². The fraction of sp³-hybridized carbons (Fsp3) is 0.111. The molecule has 4 nitrogen and oxygen atoms in total. The van der Waals surface area contributed by atoms with E-state index in [1.165, 1.54) is 4.57 Å². The monoisotopic (exact) mass is 275 g/mol. The number of benzene rings is 1. The Morgan fingerprint density at radius 3 is 2.50 bits per heavy atom. The summed E-state index contributed by atoms with van der Waals surface area (Å²) in [4.78, 5) is 11.5. The maximum absolute atomic E-state index is 11.5. The molecule has 1 aromatic carbocycles. The number of aromatic nitrogens is 3. The van der Waals surface area contributed by atoms with Crippen molar-refractivity contribution >= 4 is 35.4 Å².